The van der Waals surface area contributed by atoms with Crippen LogP contribution < -0.4 is 0 Å². The summed E-state index contributed by atoms with van der Waals surface area (Å²) in [5, 5.41) is 34.1. The molecule has 0 radical (unpaired) electrons. The number of Topliss-reactive ketones (excluding diaryl/α,β-unsaturated/α-hetero) is 1. The van der Waals surface area contributed by atoms with Crippen molar-refractivity contribution in [1.82, 2.24) is 0 Å². The van der Waals surface area contributed by atoms with Gasteiger partial charge in [-0.3, -0.25) is 4.79 Å². The zero-order valence-electron chi connectivity index (χ0n) is 38.7. The van der Waals surface area contributed by atoms with E-state index in [4.69, 9.17) is 47.4 Å². The first-order valence-electron chi connectivity index (χ1n) is 23.0. The van der Waals surface area contributed by atoms with Gasteiger partial charge in [-0.05, 0) is 104 Å². The first-order chi connectivity index (χ1) is 29.3. The number of allylic oxidation sites excluding steroid dienone is 2. The van der Waals surface area contributed by atoms with Crippen LogP contribution in [0.15, 0.2) is 23.3 Å². The van der Waals surface area contributed by atoms with Crippen LogP contribution in [-0.4, -0.2) is 146 Å². The molecular formula is C47H74O15. The molecule has 15 nitrogen and oxygen atoms in total. The highest BCUT2D eigenvalue weighted by molar-refractivity contribution is 5.88. The maximum absolute atomic E-state index is 13.3. The van der Waals surface area contributed by atoms with Gasteiger partial charge in [0, 0.05) is 51.1 Å². The predicted molar refractivity (Wildman–Crippen MR) is 223 cm³/mol. The van der Waals surface area contributed by atoms with Gasteiger partial charge in [0.25, 0.3) is 0 Å². The summed E-state index contributed by atoms with van der Waals surface area (Å²) in [4.78, 5) is 26.4. The van der Waals surface area contributed by atoms with Crippen LogP contribution in [0, 0.1) is 28.6 Å². The van der Waals surface area contributed by atoms with E-state index in [2.05, 4.69) is 13.0 Å². The second-order valence-electron chi connectivity index (χ2n) is 19.8. The lowest BCUT2D eigenvalue weighted by Gasteiger charge is -2.63. The zero-order valence-corrected chi connectivity index (χ0v) is 38.7. The van der Waals surface area contributed by atoms with Crippen molar-refractivity contribution in [2.24, 2.45) is 28.6 Å². The van der Waals surface area contributed by atoms with Gasteiger partial charge in [0.1, 0.15) is 42.4 Å². The lowest BCUT2D eigenvalue weighted by Crippen LogP contribution is -2.66. The summed E-state index contributed by atoms with van der Waals surface area (Å²) in [5.41, 5.74) is -0.439. The number of ketones is 1. The van der Waals surface area contributed by atoms with E-state index in [9.17, 15) is 24.9 Å². The first kappa shape index (κ1) is 48.1. The lowest BCUT2D eigenvalue weighted by molar-refractivity contribution is -0.352. The quantitative estimate of drug-likeness (QED) is 0.139. The van der Waals surface area contributed by atoms with Gasteiger partial charge in [-0.2, -0.15) is 0 Å². The molecule has 0 aromatic heterocycles. The summed E-state index contributed by atoms with van der Waals surface area (Å²) in [6, 6.07) is 0. The Morgan fingerprint density at radius 1 is 0.774 bits per heavy atom. The minimum atomic E-state index is -1.22. The molecule has 15 heteroatoms. The summed E-state index contributed by atoms with van der Waals surface area (Å²) in [7, 11) is 4.68. The molecule has 7 aliphatic rings. The fourth-order valence-corrected chi connectivity index (χ4v) is 12.8. The minimum absolute atomic E-state index is 0.0391. The molecule has 21 atom stereocenters. The summed E-state index contributed by atoms with van der Waals surface area (Å²) in [5.74, 6) is -0.727. The molecule has 3 heterocycles. The fourth-order valence-electron chi connectivity index (χ4n) is 12.8. The Morgan fingerprint density at radius 3 is 2.00 bits per heavy atom. The number of methoxy groups -OCH3 is 3. The molecular weight excluding hydrogens is 805 g/mol. The van der Waals surface area contributed by atoms with E-state index in [0.29, 0.717) is 44.1 Å². The molecule has 6 fully saturated rings. The van der Waals surface area contributed by atoms with E-state index in [-0.39, 0.29) is 41.2 Å². The summed E-state index contributed by atoms with van der Waals surface area (Å²) in [6.07, 6.45) is 0.173. The Kier molecular flexibility index (Phi) is 14.6. The molecule has 0 aromatic rings. The van der Waals surface area contributed by atoms with Gasteiger partial charge >= 0.3 is 5.97 Å². The number of carbonyl (C=O) groups is 2. The van der Waals surface area contributed by atoms with Crippen molar-refractivity contribution < 1.29 is 72.3 Å². The number of fused-ring (bicyclic) bond motifs is 5. The minimum Gasteiger partial charge on any atom is -0.458 e. The average Bonchev–Trinajstić information content (AvgIpc) is 3.53. The van der Waals surface area contributed by atoms with E-state index in [1.54, 1.807) is 41.1 Å². The number of rotatable bonds is 12. The highest BCUT2D eigenvalue weighted by Crippen LogP contribution is 2.68. The second kappa shape index (κ2) is 18.8. The van der Waals surface area contributed by atoms with Crippen LogP contribution in [0.4, 0.5) is 0 Å². The molecule has 3 aliphatic heterocycles. The molecule has 352 valence electrons. The zero-order chi connectivity index (χ0) is 45.1. The predicted octanol–water partition coefficient (Wildman–Crippen LogP) is 4.69. The van der Waals surface area contributed by atoms with Crippen molar-refractivity contribution in [1.29, 1.82) is 0 Å². The summed E-state index contributed by atoms with van der Waals surface area (Å²) >= 11 is 0. The molecule has 3 N–H and O–H groups in total. The Balaban J connectivity index is 0.980. The number of ether oxygens (including phenoxy) is 10. The Labute approximate surface area is 367 Å². The van der Waals surface area contributed by atoms with Gasteiger partial charge < -0.3 is 62.7 Å². The van der Waals surface area contributed by atoms with Gasteiger partial charge in [0.15, 0.2) is 18.9 Å². The maximum Gasteiger partial charge on any atom is 0.333 e. The Morgan fingerprint density at radius 2 is 1.40 bits per heavy atom. The number of aliphatic hydroxyl groups is 3. The molecule has 3 saturated heterocycles. The topological polar surface area (TPSA) is 187 Å². The standard InChI is InChI=1S/C47H74O15/c1-12-23(2)43(51)60-35-20-32-31(47(52)18-16-30(24(3)48)46(35,47)8)14-13-28-19-29(15-17-45(28,32)7)59-36-21-33(53-9)40(26(5)56-36)61-37-22-34(54-10)41(27(6)57-37)62-44-39(50)42(55-11)38(49)25(4)58-44/h12-13,25-27,29-42,44,49-50,52H,14-22H2,1-11H3/b23-12+/t25?,26?,27?,29?,30?,31?,32?,33-,34-,35?,36+,37+,38-,39?,40-,41-,42+,44+,45?,46?,47?/m1/s1. The lowest BCUT2D eigenvalue weighted by atomic mass is 9.45. The fraction of sp³-hybridized carbons (Fsp3) is 0.872. The van der Waals surface area contributed by atoms with Crippen LogP contribution in [0.5, 0.6) is 0 Å². The molecule has 3 saturated carbocycles. The molecule has 0 amide bonds. The largest absolute Gasteiger partial charge is 0.458 e. The Hall–Kier alpha value is -1.86. The Bertz CT molecular complexity index is 1670. The van der Waals surface area contributed by atoms with Crippen molar-refractivity contribution in [2.75, 3.05) is 21.3 Å². The molecule has 62 heavy (non-hydrogen) atoms. The smallest absolute Gasteiger partial charge is 0.333 e. The maximum atomic E-state index is 13.3. The number of aliphatic hydroxyl groups excluding tert-OH is 2. The van der Waals surface area contributed by atoms with E-state index in [0.717, 1.165) is 19.3 Å². The molecule has 0 bridgehead atoms. The van der Waals surface area contributed by atoms with Gasteiger partial charge in [-0.15, -0.1) is 0 Å². The SMILES string of the molecule is C/C=C(\C)C(=O)OC1CC2C(CC=C3CC(O[C@H]4C[C@@H](OC)[C@H](O[C@H]5C[C@@H](OC)[C@H](O[C@@H]6OC(C)[C@@H](O)[C@H](OC)C6O)C(C)O5)C(C)O4)CCC32C)C2(O)CCC(C(C)=O)C12C. The molecule has 0 aromatic carbocycles. The third-order valence-electron chi connectivity index (χ3n) is 16.6. The van der Waals surface area contributed by atoms with Crippen LogP contribution in [0.1, 0.15) is 113 Å². The van der Waals surface area contributed by atoms with Crippen molar-refractivity contribution in [3.63, 3.8) is 0 Å². The van der Waals surface area contributed by atoms with Gasteiger partial charge in [0.05, 0.1) is 42.2 Å². The molecule has 7 rings (SSSR count). The highest BCUT2D eigenvalue weighted by atomic mass is 16.8. The van der Waals surface area contributed by atoms with Gasteiger partial charge in [-0.25, -0.2) is 4.79 Å². The van der Waals surface area contributed by atoms with Crippen molar-refractivity contribution in [3.8, 4) is 0 Å². The van der Waals surface area contributed by atoms with Crippen molar-refractivity contribution in [3.05, 3.63) is 23.3 Å². The van der Waals surface area contributed by atoms with Crippen LogP contribution in [0.25, 0.3) is 0 Å². The normalized spacial score (nSPS) is 49.6. The van der Waals surface area contributed by atoms with E-state index in [1.807, 2.05) is 27.7 Å². The molecule has 0 spiro atoms. The highest BCUT2D eigenvalue weighted by Gasteiger charge is 2.71. The van der Waals surface area contributed by atoms with E-state index < -0.39 is 96.9 Å². The number of esters is 1. The number of carbonyl (C=O) groups excluding carboxylic acids is 2. The first-order valence-corrected chi connectivity index (χ1v) is 23.0. The van der Waals surface area contributed by atoms with Crippen molar-refractivity contribution in [2.45, 2.75) is 211 Å². The van der Waals surface area contributed by atoms with Crippen LogP contribution in [-0.2, 0) is 57.0 Å². The second-order valence-corrected chi connectivity index (χ2v) is 19.8. The number of hydrogen-bond donors (Lipinski definition) is 3. The molecule has 4 aliphatic carbocycles. The van der Waals surface area contributed by atoms with Crippen LogP contribution in [0.3, 0.4) is 0 Å². The molecule has 12 unspecified atom stereocenters. The number of hydrogen-bond acceptors (Lipinski definition) is 15. The summed E-state index contributed by atoms with van der Waals surface area (Å²) in [6.45, 7) is 15.0. The van der Waals surface area contributed by atoms with E-state index in [1.165, 1.54) is 12.7 Å². The van der Waals surface area contributed by atoms with Crippen LogP contribution >= 0.6 is 0 Å². The average molecular weight is 879 g/mol. The third-order valence-corrected chi connectivity index (χ3v) is 16.6. The van der Waals surface area contributed by atoms with Gasteiger partial charge in [0.2, 0.25) is 0 Å². The van der Waals surface area contributed by atoms with E-state index >= 15 is 0 Å². The summed E-state index contributed by atoms with van der Waals surface area (Å²) < 4.78 is 61.8. The van der Waals surface area contributed by atoms with Crippen molar-refractivity contribution >= 4 is 11.8 Å². The van der Waals surface area contributed by atoms with Gasteiger partial charge in [-0.1, -0.05) is 31.6 Å². The van der Waals surface area contributed by atoms with Crippen LogP contribution in [0.2, 0.25) is 0 Å². The third kappa shape index (κ3) is 8.42. The monoisotopic (exact) mass is 879 g/mol.